The van der Waals surface area contributed by atoms with Gasteiger partial charge in [-0.25, -0.2) is 0 Å². The van der Waals surface area contributed by atoms with Crippen molar-refractivity contribution >= 4 is 17.7 Å². The molecule has 140 valence electrons. The minimum Gasteiger partial charge on any atom is -0.497 e. The highest BCUT2D eigenvalue weighted by Gasteiger charge is 2.37. The second kappa shape index (κ2) is 8.72. The van der Waals surface area contributed by atoms with E-state index < -0.39 is 5.60 Å². The molecule has 1 N–H and O–H groups in total. The molecule has 2 aromatic carbocycles. The van der Waals surface area contributed by atoms with Gasteiger partial charge in [0.2, 0.25) is 0 Å². The molecule has 0 saturated heterocycles. The van der Waals surface area contributed by atoms with Gasteiger partial charge >= 0.3 is 0 Å². The van der Waals surface area contributed by atoms with Gasteiger partial charge in [-0.3, -0.25) is 0 Å². The summed E-state index contributed by atoms with van der Waals surface area (Å²) in [6, 6.07) is 15.3. The zero-order valence-electron chi connectivity index (χ0n) is 16.2. The number of hydrogen-bond donors (Lipinski definition) is 1. The molecular formula is C22H28ClNO2. The van der Waals surface area contributed by atoms with Crippen LogP contribution in [0.25, 0.3) is 6.08 Å². The fourth-order valence-corrected chi connectivity index (χ4v) is 3.47. The molecule has 0 bridgehead atoms. The average Bonchev–Trinajstić information content (AvgIpc) is 2.62. The van der Waals surface area contributed by atoms with Gasteiger partial charge in [0.15, 0.2) is 0 Å². The Balaban J connectivity index is 2.49. The van der Waals surface area contributed by atoms with Crippen molar-refractivity contribution in [2.75, 3.05) is 27.7 Å². The molecule has 0 saturated carbocycles. The van der Waals surface area contributed by atoms with Crippen LogP contribution in [0.1, 0.15) is 25.0 Å². The van der Waals surface area contributed by atoms with Gasteiger partial charge in [-0.2, -0.15) is 0 Å². The lowest BCUT2D eigenvalue weighted by atomic mass is 9.76. The summed E-state index contributed by atoms with van der Waals surface area (Å²) in [6.45, 7) is 4.81. The Morgan fingerprint density at radius 1 is 1.15 bits per heavy atom. The van der Waals surface area contributed by atoms with E-state index in [0.29, 0.717) is 5.02 Å². The van der Waals surface area contributed by atoms with Gasteiger partial charge in [-0.05, 0) is 62.0 Å². The molecule has 0 aliphatic rings. The van der Waals surface area contributed by atoms with Crippen LogP contribution in [0.4, 0.5) is 0 Å². The molecular weight excluding hydrogens is 346 g/mol. The first-order chi connectivity index (χ1) is 12.3. The minimum atomic E-state index is -1.09. The summed E-state index contributed by atoms with van der Waals surface area (Å²) >= 11 is 5.98. The number of halogens is 1. The van der Waals surface area contributed by atoms with Gasteiger partial charge in [-0.15, -0.1) is 0 Å². The molecule has 0 aliphatic carbocycles. The number of methoxy groups -OCH3 is 1. The first kappa shape index (κ1) is 20.5. The van der Waals surface area contributed by atoms with Crippen molar-refractivity contribution in [1.82, 2.24) is 4.90 Å². The van der Waals surface area contributed by atoms with Gasteiger partial charge in [-0.1, -0.05) is 48.9 Å². The number of aliphatic hydroxyl groups is 1. The molecule has 0 spiro atoms. The zero-order valence-corrected chi connectivity index (χ0v) is 16.9. The molecule has 0 radical (unpaired) electrons. The van der Waals surface area contributed by atoms with E-state index in [1.807, 2.05) is 75.6 Å². The fraction of sp³-hybridized carbons (Fsp3) is 0.364. The van der Waals surface area contributed by atoms with Crippen LogP contribution in [-0.4, -0.2) is 37.8 Å². The summed E-state index contributed by atoms with van der Waals surface area (Å²) in [5.41, 5.74) is 1.67. The summed E-state index contributed by atoms with van der Waals surface area (Å²) < 4.78 is 5.26. The lowest BCUT2D eigenvalue weighted by molar-refractivity contribution is 0.0105. The van der Waals surface area contributed by atoms with Crippen molar-refractivity contribution in [3.05, 3.63) is 70.3 Å². The molecule has 2 aromatic rings. The number of nitrogens with zero attached hydrogens (tertiary/aromatic N) is 1. The molecule has 0 aromatic heterocycles. The monoisotopic (exact) mass is 373 g/mol. The molecule has 3 nitrogen and oxygen atoms in total. The maximum absolute atomic E-state index is 11.8. The number of ether oxygens (including phenoxy) is 1. The van der Waals surface area contributed by atoms with Crippen molar-refractivity contribution < 1.29 is 9.84 Å². The van der Waals surface area contributed by atoms with Gasteiger partial charge in [0, 0.05) is 17.5 Å². The fourth-order valence-electron chi connectivity index (χ4n) is 3.34. The summed E-state index contributed by atoms with van der Waals surface area (Å²) in [7, 11) is 5.67. The first-order valence-electron chi connectivity index (χ1n) is 8.73. The summed E-state index contributed by atoms with van der Waals surface area (Å²) in [5.74, 6) is 0.769. The third-order valence-electron chi connectivity index (χ3n) is 4.74. The van der Waals surface area contributed by atoms with E-state index >= 15 is 0 Å². The molecule has 0 amide bonds. The third kappa shape index (κ3) is 4.67. The normalized spacial score (nSPS) is 15.6. The van der Waals surface area contributed by atoms with Crippen molar-refractivity contribution in [2.45, 2.75) is 19.4 Å². The van der Waals surface area contributed by atoms with E-state index in [-0.39, 0.29) is 5.92 Å². The average molecular weight is 374 g/mol. The number of rotatable bonds is 7. The molecule has 0 aliphatic heterocycles. The summed E-state index contributed by atoms with van der Waals surface area (Å²) in [4.78, 5) is 2.09. The maximum atomic E-state index is 11.8. The van der Waals surface area contributed by atoms with Crippen molar-refractivity contribution in [2.24, 2.45) is 5.92 Å². The summed E-state index contributed by atoms with van der Waals surface area (Å²) in [6.07, 6.45) is 2.02. The smallest absolute Gasteiger partial charge is 0.118 e. The molecule has 2 atom stereocenters. The highest BCUT2D eigenvalue weighted by atomic mass is 35.5. The number of hydrogen-bond acceptors (Lipinski definition) is 3. The van der Waals surface area contributed by atoms with Crippen LogP contribution < -0.4 is 4.74 Å². The van der Waals surface area contributed by atoms with Crippen LogP contribution in [0.3, 0.4) is 0 Å². The Labute approximate surface area is 161 Å². The van der Waals surface area contributed by atoms with Crippen LogP contribution in [0, 0.1) is 5.92 Å². The van der Waals surface area contributed by atoms with E-state index in [2.05, 4.69) is 11.8 Å². The molecule has 26 heavy (non-hydrogen) atoms. The maximum Gasteiger partial charge on any atom is 0.118 e. The standard InChI is InChI=1S/C22H28ClNO2/c1-16(14-18-6-10-20(23)11-7-18)22(25,17(2)15-24(3)4)19-8-12-21(26-5)13-9-19/h6-14,17,25H,15H2,1-5H3/b16-14+. The van der Waals surface area contributed by atoms with Crippen LogP contribution in [0.2, 0.25) is 5.02 Å². The largest absolute Gasteiger partial charge is 0.497 e. The SMILES string of the molecule is COc1ccc(C(O)(/C(C)=C/c2ccc(Cl)cc2)C(C)CN(C)C)cc1. The lowest BCUT2D eigenvalue weighted by Crippen LogP contribution is -2.40. The Bertz CT molecular complexity index is 738. The predicted octanol–water partition coefficient (Wildman–Crippen LogP) is 4.84. The molecule has 2 rings (SSSR count). The van der Waals surface area contributed by atoms with Crippen LogP contribution >= 0.6 is 11.6 Å². The summed E-state index contributed by atoms with van der Waals surface area (Å²) in [5, 5.41) is 12.5. The van der Waals surface area contributed by atoms with Gasteiger partial charge in [0.1, 0.15) is 11.4 Å². The van der Waals surface area contributed by atoms with Crippen molar-refractivity contribution in [3.63, 3.8) is 0 Å². The Kier molecular flexibility index (Phi) is 6.87. The highest BCUT2D eigenvalue weighted by Crippen LogP contribution is 2.38. The molecule has 4 heteroatoms. The van der Waals surface area contributed by atoms with Gasteiger partial charge < -0.3 is 14.7 Å². The first-order valence-corrected chi connectivity index (χ1v) is 9.11. The molecule has 0 fully saturated rings. The van der Waals surface area contributed by atoms with E-state index in [0.717, 1.165) is 29.0 Å². The quantitative estimate of drug-likeness (QED) is 0.753. The third-order valence-corrected chi connectivity index (χ3v) is 4.99. The van der Waals surface area contributed by atoms with Gasteiger partial charge in [0.25, 0.3) is 0 Å². The van der Waals surface area contributed by atoms with Crippen LogP contribution in [0.15, 0.2) is 54.1 Å². The van der Waals surface area contributed by atoms with E-state index in [1.165, 1.54) is 0 Å². The van der Waals surface area contributed by atoms with E-state index in [1.54, 1.807) is 7.11 Å². The van der Waals surface area contributed by atoms with E-state index in [9.17, 15) is 5.11 Å². The van der Waals surface area contributed by atoms with E-state index in [4.69, 9.17) is 16.3 Å². The predicted molar refractivity (Wildman–Crippen MR) is 110 cm³/mol. The van der Waals surface area contributed by atoms with Crippen molar-refractivity contribution in [1.29, 1.82) is 0 Å². The number of benzene rings is 2. The second-order valence-electron chi connectivity index (χ2n) is 7.04. The Morgan fingerprint density at radius 2 is 1.73 bits per heavy atom. The highest BCUT2D eigenvalue weighted by molar-refractivity contribution is 6.30. The van der Waals surface area contributed by atoms with Crippen LogP contribution in [0.5, 0.6) is 5.75 Å². The van der Waals surface area contributed by atoms with Gasteiger partial charge in [0.05, 0.1) is 7.11 Å². The van der Waals surface area contributed by atoms with Crippen LogP contribution in [-0.2, 0) is 5.60 Å². The Morgan fingerprint density at radius 3 is 2.23 bits per heavy atom. The van der Waals surface area contributed by atoms with Crippen molar-refractivity contribution in [3.8, 4) is 5.75 Å². The minimum absolute atomic E-state index is 0.00514. The molecule has 2 unspecified atom stereocenters. The second-order valence-corrected chi connectivity index (χ2v) is 7.47. The Hall–Kier alpha value is -1.81. The lowest BCUT2D eigenvalue weighted by Gasteiger charge is -2.37. The molecule has 0 heterocycles. The topological polar surface area (TPSA) is 32.7 Å². The zero-order chi connectivity index (χ0) is 19.3.